The van der Waals surface area contributed by atoms with Crippen molar-refractivity contribution < 1.29 is 9.53 Å². The zero-order chi connectivity index (χ0) is 19.0. The van der Waals surface area contributed by atoms with Gasteiger partial charge in [0.15, 0.2) is 0 Å². The third-order valence-corrected chi connectivity index (χ3v) is 4.07. The summed E-state index contributed by atoms with van der Waals surface area (Å²) in [5, 5.41) is 0. The SMILES string of the molecule is C=C/C(Br)=C\N=C(/C(=C)C)N1CCC/C(=C/C(=O)OC(C)(C)C)CC1. The summed E-state index contributed by atoms with van der Waals surface area (Å²) in [6.07, 6.45) is 7.76. The lowest BCUT2D eigenvalue weighted by atomic mass is 10.1. The number of aliphatic imine (C=N–C) groups is 1. The highest BCUT2D eigenvalue weighted by Crippen LogP contribution is 2.20. The number of amidine groups is 1. The number of likely N-dealkylation sites (tertiary alicyclic amines) is 1. The molecule has 138 valence electrons. The number of hydrogen-bond donors (Lipinski definition) is 0. The monoisotopic (exact) mass is 408 g/mol. The Kier molecular flexibility index (Phi) is 8.36. The average molecular weight is 409 g/mol. The standard InChI is InChI=1S/C20H29BrN2O2/c1-7-17(21)14-22-19(15(2)3)23-11-8-9-16(10-12-23)13-18(24)25-20(4,5)6/h7,13-14H,1-2,8-12H2,3-6H3/b16-13-,17-14+,22-19+. The van der Waals surface area contributed by atoms with E-state index in [0.29, 0.717) is 0 Å². The van der Waals surface area contributed by atoms with Crippen molar-refractivity contribution in [3.05, 3.63) is 47.1 Å². The molecule has 1 saturated heterocycles. The molecular weight excluding hydrogens is 380 g/mol. The molecule has 1 aliphatic rings. The maximum atomic E-state index is 12.0. The van der Waals surface area contributed by atoms with Gasteiger partial charge in [0.1, 0.15) is 11.4 Å². The summed E-state index contributed by atoms with van der Waals surface area (Å²) in [4.78, 5) is 18.8. The van der Waals surface area contributed by atoms with Gasteiger partial charge < -0.3 is 9.64 Å². The Labute approximate surface area is 160 Å². The molecule has 0 spiro atoms. The van der Waals surface area contributed by atoms with E-state index < -0.39 is 5.60 Å². The van der Waals surface area contributed by atoms with Gasteiger partial charge in [0.2, 0.25) is 0 Å². The van der Waals surface area contributed by atoms with E-state index in [1.807, 2.05) is 27.7 Å². The number of nitrogens with zero attached hydrogens (tertiary/aromatic N) is 2. The molecule has 0 aromatic rings. The molecular formula is C20H29BrN2O2. The van der Waals surface area contributed by atoms with E-state index in [2.05, 4.69) is 39.0 Å². The van der Waals surface area contributed by atoms with Crippen LogP contribution in [0.3, 0.4) is 0 Å². The fourth-order valence-electron chi connectivity index (χ4n) is 2.50. The minimum absolute atomic E-state index is 0.261. The zero-order valence-corrected chi connectivity index (χ0v) is 17.4. The molecule has 1 fully saturated rings. The molecule has 4 nitrogen and oxygen atoms in total. The van der Waals surface area contributed by atoms with E-state index in [1.165, 1.54) is 0 Å². The molecule has 0 aliphatic carbocycles. The molecule has 0 bridgehead atoms. The first kappa shape index (κ1) is 21.4. The van der Waals surface area contributed by atoms with Crippen LogP contribution in [0.5, 0.6) is 0 Å². The first-order valence-electron chi connectivity index (χ1n) is 8.51. The van der Waals surface area contributed by atoms with E-state index in [0.717, 1.165) is 53.8 Å². The Hall–Kier alpha value is -1.62. The van der Waals surface area contributed by atoms with Gasteiger partial charge in [-0.05, 0) is 68.5 Å². The summed E-state index contributed by atoms with van der Waals surface area (Å²) in [5.74, 6) is 0.611. The number of carbonyl (C=O) groups excluding carboxylic acids is 1. The Morgan fingerprint density at radius 2 is 2.00 bits per heavy atom. The van der Waals surface area contributed by atoms with Crippen LogP contribution in [0.4, 0.5) is 0 Å². The van der Waals surface area contributed by atoms with E-state index >= 15 is 0 Å². The van der Waals surface area contributed by atoms with Crippen molar-refractivity contribution in [3.8, 4) is 0 Å². The fraction of sp³-hybridized carbons (Fsp3) is 0.500. The molecule has 1 aliphatic heterocycles. The molecule has 0 aromatic heterocycles. The largest absolute Gasteiger partial charge is 0.457 e. The third-order valence-electron chi connectivity index (χ3n) is 3.54. The Morgan fingerprint density at radius 1 is 1.32 bits per heavy atom. The second kappa shape index (κ2) is 9.76. The van der Waals surface area contributed by atoms with Crippen LogP contribution >= 0.6 is 15.9 Å². The van der Waals surface area contributed by atoms with Crippen molar-refractivity contribution in [2.24, 2.45) is 4.99 Å². The molecule has 0 unspecified atom stereocenters. The molecule has 5 heteroatoms. The fourth-order valence-corrected chi connectivity index (χ4v) is 2.61. The summed E-state index contributed by atoms with van der Waals surface area (Å²) in [6, 6.07) is 0. The molecule has 0 amide bonds. The zero-order valence-electron chi connectivity index (χ0n) is 15.8. The lowest BCUT2D eigenvalue weighted by molar-refractivity contribution is -0.148. The molecule has 25 heavy (non-hydrogen) atoms. The predicted molar refractivity (Wildman–Crippen MR) is 109 cm³/mol. The molecule has 1 heterocycles. The van der Waals surface area contributed by atoms with Crippen LogP contribution in [0.1, 0.15) is 47.0 Å². The number of carbonyl (C=O) groups is 1. The summed E-state index contributed by atoms with van der Waals surface area (Å²) in [7, 11) is 0. The summed E-state index contributed by atoms with van der Waals surface area (Å²) in [5.41, 5.74) is 1.58. The summed E-state index contributed by atoms with van der Waals surface area (Å²) >= 11 is 3.38. The first-order valence-corrected chi connectivity index (χ1v) is 9.31. The maximum absolute atomic E-state index is 12.0. The third kappa shape index (κ3) is 8.34. The number of ether oxygens (including phenoxy) is 1. The smallest absolute Gasteiger partial charge is 0.331 e. The molecule has 0 aromatic carbocycles. The van der Waals surface area contributed by atoms with Crippen LogP contribution in [0, 0.1) is 0 Å². The van der Waals surface area contributed by atoms with E-state index in [4.69, 9.17) is 4.74 Å². The topological polar surface area (TPSA) is 41.9 Å². The van der Waals surface area contributed by atoms with Crippen LogP contribution in [-0.4, -0.2) is 35.4 Å². The van der Waals surface area contributed by atoms with E-state index in [-0.39, 0.29) is 5.97 Å². The van der Waals surface area contributed by atoms with Crippen LogP contribution in [0.25, 0.3) is 0 Å². The second-order valence-electron chi connectivity index (χ2n) is 7.13. The molecule has 1 rings (SSSR count). The first-order chi connectivity index (χ1) is 11.6. The van der Waals surface area contributed by atoms with Gasteiger partial charge in [-0.3, -0.25) is 0 Å². The molecule has 0 N–H and O–H groups in total. The van der Waals surface area contributed by atoms with E-state index in [1.54, 1.807) is 18.4 Å². The summed E-state index contributed by atoms with van der Waals surface area (Å²) in [6.45, 7) is 17.0. The lowest BCUT2D eigenvalue weighted by Gasteiger charge is -2.24. The highest BCUT2D eigenvalue weighted by Gasteiger charge is 2.19. The predicted octanol–water partition coefficient (Wildman–Crippen LogP) is 5.14. The molecule has 0 atom stereocenters. The van der Waals surface area contributed by atoms with E-state index in [9.17, 15) is 4.79 Å². The van der Waals surface area contributed by atoms with Crippen molar-refractivity contribution in [3.63, 3.8) is 0 Å². The quantitative estimate of drug-likeness (QED) is 0.212. The number of rotatable bonds is 4. The van der Waals surface area contributed by atoms with Crippen LogP contribution < -0.4 is 0 Å². The minimum Gasteiger partial charge on any atom is -0.457 e. The Balaban J connectivity index is 2.84. The second-order valence-corrected chi connectivity index (χ2v) is 8.04. The van der Waals surface area contributed by atoms with Gasteiger partial charge in [-0.25, -0.2) is 9.79 Å². The highest BCUT2D eigenvalue weighted by molar-refractivity contribution is 9.11. The molecule has 0 radical (unpaired) electrons. The number of allylic oxidation sites excluding steroid dienone is 2. The van der Waals surface area contributed by atoms with Gasteiger partial charge in [-0.1, -0.05) is 24.8 Å². The number of halogens is 1. The Morgan fingerprint density at radius 3 is 2.56 bits per heavy atom. The number of esters is 1. The Bertz CT molecular complexity index is 610. The van der Waals surface area contributed by atoms with Crippen molar-refractivity contribution in [1.29, 1.82) is 0 Å². The summed E-state index contributed by atoms with van der Waals surface area (Å²) < 4.78 is 6.21. The average Bonchev–Trinajstić information content (AvgIpc) is 2.70. The highest BCUT2D eigenvalue weighted by atomic mass is 79.9. The van der Waals surface area contributed by atoms with Crippen molar-refractivity contribution in [2.75, 3.05) is 13.1 Å². The molecule has 0 saturated carbocycles. The van der Waals surface area contributed by atoms with Gasteiger partial charge in [0.05, 0.1) is 0 Å². The van der Waals surface area contributed by atoms with Crippen LogP contribution in [0.2, 0.25) is 0 Å². The van der Waals surface area contributed by atoms with Crippen molar-refractivity contribution >= 4 is 27.7 Å². The number of hydrogen-bond acceptors (Lipinski definition) is 3. The van der Waals surface area contributed by atoms with Gasteiger partial charge >= 0.3 is 5.97 Å². The minimum atomic E-state index is -0.463. The van der Waals surface area contributed by atoms with Gasteiger partial charge in [-0.15, -0.1) is 0 Å². The van der Waals surface area contributed by atoms with Crippen molar-refractivity contribution in [1.82, 2.24) is 4.90 Å². The van der Waals surface area contributed by atoms with Gasteiger partial charge in [0, 0.05) is 29.8 Å². The van der Waals surface area contributed by atoms with Crippen LogP contribution in [-0.2, 0) is 9.53 Å². The van der Waals surface area contributed by atoms with Gasteiger partial charge in [0.25, 0.3) is 0 Å². The van der Waals surface area contributed by atoms with Gasteiger partial charge in [-0.2, -0.15) is 0 Å². The lowest BCUT2D eigenvalue weighted by Crippen LogP contribution is -2.32. The normalized spacial score (nSPS) is 18.8. The maximum Gasteiger partial charge on any atom is 0.331 e. The van der Waals surface area contributed by atoms with Crippen molar-refractivity contribution in [2.45, 2.75) is 52.6 Å². The van der Waals surface area contributed by atoms with Crippen LogP contribution in [0.15, 0.2) is 52.1 Å².